The maximum absolute atomic E-state index is 11.9. The van der Waals surface area contributed by atoms with Gasteiger partial charge in [0.15, 0.2) is 0 Å². The monoisotopic (exact) mass is 320 g/mol. The van der Waals surface area contributed by atoms with Gasteiger partial charge in [0.1, 0.15) is 11.0 Å². The number of benzene rings is 1. The number of fused-ring (bicyclic) bond motifs is 1. The van der Waals surface area contributed by atoms with Crippen LogP contribution < -0.4 is 10.0 Å². The molecule has 19 heavy (non-hydrogen) atoms. The van der Waals surface area contributed by atoms with E-state index < -0.39 is 10.0 Å². The van der Waals surface area contributed by atoms with E-state index in [9.17, 15) is 8.42 Å². The van der Waals surface area contributed by atoms with Gasteiger partial charge >= 0.3 is 0 Å². The van der Waals surface area contributed by atoms with Crippen LogP contribution in [0.25, 0.3) is 11.0 Å². The molecule has 0 fully saturated rings. The lowest BCUT2D eigenvalue weighted by molar-refractivity contribution is 0.597. The van der Waals surface area contributed by atoms with Gasteiger partial charge in [0.05, 0.1) is 28.2 Å². The number of anilines is 1. The summed E-state index contributed by atoms with van der Waals surface area (Å²) in [6.07, 6.45) is 0. The van der Waals surface area contributed by atoms with Gasteiger partial charge in [-0.1, -0.05) is 18.5 Å². The average molecular weight is 321 g/mol. The molecule has 9 heteroatoms. The van der Waals surface area contributed by atoms with E-state index in [2.05, 4.69) is 18.8 Å². The topological polar surface area (TPSA) is 84.0 Å². The quantitative estimate of drug-likeness (QED) is 0.791. The van der Waals surface area contributed by atoms with Gasteiger partial charge in [0.25, 0.3) is 0 Å². The van der Waals surface area contributed by atoms with Gasteiger partial charge in [0, 0.05) is 6.54 Å². The molecule has 1 aromatic carbocycles. The minimum absolute atomic E-state index is 0.0227. The van der Waals surface area contributed by atoms with E-state index in [0.717, 1.165) is 18.3 Å². The Hall–Kier alpha value is -0.960. The van der Waals surface area contributed by atoms with Crippen LogP contribution in [-0.2, 0) is 10.0 Å². The van der Waals surface area contributed by atoms with Crippen LogP contribution in [0.2, 0.25) is 5.02 Å². The van der Waals surface area contributed by atoms with E-state index >= 15 is 0 Å². The smallest absolute Gasteiger partial charge is 0.234 e. The Balaban J connectivity index is 2.25. The molecule has 0 radical (unpaired) electrons. The van der Waals surface area contributed by atoms with Crippen molar-refractivity contribution in [1.82, 2.24) is 14.1 Å². The first-order chi connectivity index (χ1) is 9.03. The first kappa shape index (κ1) is 14.4. The predicted molar refractivity (Wildman–Crippen MR) is 78.4 cm³/mol. The number of nitrogens with zero attached hydrogens (tertiary/aromatic N) is 2. The fourth-order valence-electron chi connectivity index (χ4n) is 1.51. The number of rotatable bonds is 6. The Kier molecular flexibility index (Phi) is 4.56. The molecule has 1 heterocycles. The molecule has 6 nitrogen and oxygen atoms in total. The summed E-state index contributed by atoms with van der Waals surface area (Å²) in [6.45, 7) is 3.02. The zero-order valence-electron chi connectivity index (χ0n) is 10.2. The molecule has 2 aromatic rings. The zero-order chi connectivity index (χ0) is 13.9. The lowest BCUT2D eigenvalue weighted by Crippen LogP contribution is -2.26. The molecule has 0 saturated heterocycles. The molecule has 0 saturated carbocycles. The second-order valence-electron chi connectivity index (χ2n) is 3.83. The van der Waals surface area contributed by atoms with Gasteiger partial charge in [-0.15, -0.1) is 0 Å². The highest BCUT2D eigenvalue weighted by Crippen LogP contribution is 2.30. The molecule has 1 aromatic heterocycles. The van der Waals surface area contributed by atoms with Crippen molar-refractivity contribution in [3.8, 4) is 0 Å². The molecule has 0 aliphatic heterocycles. The largest absolute Gasteiger partial charge is 0.316 e. The number of nitrogens with one attached hydrogen (secondary N) is 2. The van der Waals surface area contributed by atoms with Gasteiger partial charge in [-0.25, -0.2) is 8.42 Å². The molecule has 0 spiro atoms. The molecule has 2 N–H and O–H groups in total. The zero-order valence-corrected chi connectivity index (χ0v) is 12.6. The lowest BCUT2D eigenvalue weighted by atomic mass is 10.3. The molecule has 104 valence electrons. The van der Waals surface area contributed by atoms with Crippen molar-refractivity contribution in [2.75, 3.05) is 23.6 Å². The molecular weight excluding hydrogens is 308 g/mol. The highest BCUT2D eigenvalue weighted by atomic mass is 35.5. The SMILES string of the molecule is CCNCCS(=O)(=O)Nc1c(Cl)ccc2nsnc12. The van der Waals surface area contributed by atoms with Gasteiger partial charge in [-0.3, -0.25) is 4.72 Å². The van der Waals surface area contributed by atoms with E-state index in [1.165, 1.54) is 0 Å². The molecule has 0 aliphatic carbocycles. The van der Waals surface area contributed by atoms with Crippen LogP contribution in [0, 0.1) is 0 Å². The summed E-state index contributed by atoms with van der Waals surface area (Å²) in [5, 5.41) is 3.27. The molecule has 0 amide bonds. The number of hydrogen-bond acceptors (Lipinski definition) is 6. The molecular formula is C10H13ClN4O2S2. The van der Waals surface area contributed by atoms with E-state index in [1.807, 2.05) is 6.92 Å². The third kappa shape index (κ3) is 3.53. The van der Waals surface area contributed by atoms with Crippen LogP contribution in [0.1, 0.15) is 6.92 Å². The third-order valence-corrected chi connectivity index (χ3v) is 4.55. The Morgan fingerprint density at radius 1 is 1.37 bits per heavy atom. The van der Waals surface area contributed by atoms with Crippen molar-refractivity contribution in [2.45, 2.75) is 6.92 Å². The number of aromatic nitrogens is 2. The maximum atomic E-state index is 11.9. The van der Waals surface area contributed by atoms with Gasteiger partial charge in [-0.05, 0) is 18.7 Å². The molecule has 0 unspecified atom stereocenters. The van der Waals surface area contributed by atoms with Crippen molar-refractivity contribution in [1.29, 1.82) is 0 Å². The van der Waals surface area contributed by atoms with Crippen LogP contribution >= 0.6 is 23.3 Å². The summed E-state index contributed by atoms with van der Waals surface area (Å²) in [7, 11) is -3.46. The van der Waals surface area contributed by atoms with E-state index in [1.54, 1.807) is 12.1 Å². The number of hydrogen-bond donors (Lipinski definition) is 2. The van der Waals surface area contributed by atoms with Crippen molar-refractivity contribution < 1.29 is 8.42 Å². The second-order valence-corrected chi connectivity index (χ2v) is 6.61. The van der Waals surface area contributed by atoms with Gasteiger partial charge in [-0.2, -0.15) is 8.75 Å². The van der Waals surface area contributed by atoms with Crippen molar-refractivity contribution in [2.24, 2.45) is 0 Å². The maximum Gasteiger partial charge on any atom is 0.234 e. The molecule has 0 bridgehead atoms. The second kappa shape index (κ2) is 6.00. The highest BCUT2D eigenvalue weighted by molar-refractivity contribution is 7.92. The summed E-state index contributed by atoms with van der Waals surface area (Å²) >= 11 is 7.04. The van der Waals surface area contributed by atoms with Gasteiger partial charge in [0.2, 0.25) is 10.0 Å². The van der Waals surface area contributed by atoms with Gasteiger partial charge < -0.3 is 5.32 Å². The Bertz CT molecular complexity index is 671. The van der Waals surface area contributed by atoms with Crippen molar-refractivity contribution in [3.05, 3.63) is 17.2 Å². The van der Waals surface area contributed by atoms with Crippen LogP contribution in [0.15, 0.2) is 12.1 Å². The van der Waals surface area contributed by atoms with E-state index in [0.29, 0.717) is 28.3 Å². The Morgan fingerprint density at radius 2 is 2.16 bits per heavy atom. The standard InChI is InChI=1S/C10H13ClN4O2S2/c1-2-12-5-6-19(16,17)15-9-7(11)3-4-8-10(9)14-18-13-8/h3-4,12,15H,2,5-6H2,1H3. The van der Waals surface area contributed by atoms with Crippen LogP contribution in [0.3, 0.4) is 0 Å². The van der Waals surface area contributed by atoms with Crippen LogP contribution in [-0.4, -0.2) is 36.0 Å². The lowest BCUT2D eigenvalue weighted by Gasteiger charge is -2.10. The molecule has 2 rings (SSSR count). The minimum Gasteiger partial charge on any atom is -0.316 e. The van der Waals surface area contributed by atoms with E-state index in [4.69, 9.17) is 11.6 Å². The normalized spacial score (nSPS) is 11.9. The van der Waals surface area contributed by atoms with Crippen LogP contribution in [0.5, 0.6) is 0 Å². The minimum atomic E-state index is -3.46. The Labute approximate surface area is 120 Å². The number of sulfonamides is 1. The summed E-state index contributed by atoms with van der Waals surface area (Å²) in [4.78, 5) is 0. The van der Waals surface area contributed by atoms with Crippen molar-refractivity contribution in [3.63, 3.8) is 0 Å². The Morgan fingerprint density at radius 3 is 2.89 bits per heavy atom. The summed E-state index contributed by atoms with van der Waals surface area (Å²) in [5.74, 6) is -0.0227. The van der Waals surface area contributed by atoms with Crippen LogP contribution in [0.4, 0.5) is 5.69 Å². The fraction of sp³-hybridized carbons (Fsp3) is 0.400. The highest BCUT2D eigenvalue weighted by Gasteiger charge is 2.16. The first-order valence-corrected chi connectivity index (χ1v) is 8.41. The molecule has 0 atom stereocenters. The van der Waals surface area contributed by atoms with Crippen molar-refractivity contribution >= 4 is 50.1 Å². The summed E-state index contributed by atoms with van der Waals surface area (Å²) in [6, 6.07) is 3.31. The molecule has 0 aliphatic rings. The summed E-state index contributed by atoms with van der Waals surface area (Å²) in [5.41, 5.74) is 1.40. The average Bonchev–Trinajstić information content (AvgIpc) is 2.81. The predicted octanol–water partition coefficient (Wildman–Crippen LogP) is 1.70. The van der Waals surface area contributed by atoms with E-state index in [-0.39, 0.29) is 5.75 Å². The third-order valence-electron chi connectivity index (χ3n) is 2.43. The number of halogens is 1. The summed E-state index contributed by atoms with van der Waals surface area (Å²) < 4.78 is 34.5. The first-order valence-electron chi connectivity index (χ1n) is 5.65. The fourth-order valence-corrected chi connectivity index (χ4v) is 3.34.